The molecule has 0 radical (unpaired) electrons. The fourth-order valence-corrected chi connectivity index (χ4v) is 3.13. The number of nitrogens with zero attached hydrogens (tertiary/aromatic N) is 2. The molecule has 2 rings (SSSR count). The van der Waals surface area contributed by atoms with Crippen LogP contribution in [0.15, 0.2) is 6.07 Å². The number of aryl methyl sites for hydroxylation is 1. The molecule has 118 valence electrons. The van der Waals surface area contributed by atoms with E-state index in [-0.39, 0.29) is 11.4 Å². The molecular weight excluding hydrogens is 262 g/mol. The largest absolute Gasteiger partial charge is 0.350 e. The Balaban J connectivity index is 1.92. The second kappa shape index (κ2) is 6.20. The lowest BCUT2D eigenvalue weighted by molar-refractivity contribution is 0.0935. The van der Waals surface area contributed by atoms with E-state index in [1.807, 2.05) is 17.7 Å². The highest BCUT2D eigenvalue weighted by molar-refractivity contribution is 5.92. The molecule has 4 heteroatoms. The molecule has 1 aliphatic rings. The van der Waals surface area contributed by atoms with E-state index in [0.29, 0.717) is 11.6 Å². The van der Waals surface area contributed by atoms with Crippen LogP contribution in [0.5, 0.6) is 0 Å². The smallest absolute Gasteiger partial charge is 0.271 e. The Morgan fingerprint density at radius 1 is 1.33 bits per heavy atom. The molecule has 0 aliphatic heterocycles. The second-order valence-corrected chi connectivity index (χ2v) is 7.59. The fraction of sp³-hybridized carbons (Fsp3) is 0.765. The summed E-state index contributed by atoms with van der Waals surface area (Å²) in [7, 11) is 0. The Bertz CT molecular complexity index is 491. The first kappa shape index (κ1) is 16.1. The number of amides is 1. The van der Waals surface area contributed by atoms with Crippen molar-refractivity contribution >= 4 is 5.91 Å². The van der Waals surface area contributed by atoms with Crippen LogP contribution in [0.25, 0.3) is 0 Å². The summed E-state index contributed by atoms with van der Waals surface area (Å²) in [4.78, 5) is 12.3. The number of rotatable bonds is 3. The highest BCUT2D eigenvalue weighted by Gasteiger charge is 2.22. The van der Waals surface area contributed by atoms with Gasteiger partial charge in [0.05, 0.1) is 5.54 Å². The first-order chi connectivity index (χ1) is 9.77. The van der Waals surface area contributed by atoms with Crippen LogP contribution in [0.4, 0.5) is 0 Å². The van der Waals surface area contributed by atoms with E-state index in [2.05, 4.69) is 38.1 Å². The average Bonchev–Trinajstić information content (AvgIpc) is 2.80. The average molecular weight is 291 g/mol. The van der Waals surface area contributed by atoms with Crippen molar-refractivity contribution in [1.82, 2.24) is 15.1 Å². The van der Waals surface area contributed by atoms with Gasteiger partial charge in [-0.05, 0) is 58.4 Å². The van der Waals surface area contributed by atoms with Gasteiger partial charge in [-0.15, -0.1) is 0 Å². The van der Waals surface area contributed by atoms with Crippen LogP contribution in [0.3, 0.4) is 0 Å². The summed E-state index contributed by atoms with van der Waals surface area (Å²) < 4.78 is 1.92. The van der Waals surface area contributed by atoms with Gasteiger partial charge in [-0.25, -0.2) is 0 Å². The standard InChI is InChI=1S/C17H29N3O/c1-12-6-8-14(9-7-12)11-18-16(21)15-10-13(2)20(19-15)17(3,4)5/h10,12,14H,6-9,11H2,1-5H3,(H,18,21). The number of aromatic nitrogens is 2. The highest BCUT2D eigenvalue weighted by Crippen LogP contribution is 2.27. The van der Waals surface area contributed by atoms with Crippen molar-refractivity contribution in [3.05, 3.63) is 17.5 Å². The summed E-state index contributed by atoms with van der Waals surface area (Å²) in [5.41, 5.74) is 1.47. The van der Waals surface area contributed by atoms with E-state index in [1.165, 1.54) is 25.7 Å². The minimum Gasteiger partial charge on any atom is -0.350 e. The first-order valence-corrected chi connectivity index (χ1v) is 8.12. The molecule has 1 N–H and O–H groups in total. The number of hydrogen-bond donors (Lipinski definition) is 1. The minimum absolute atomic E-state index is 0.0419. The third-order valence-electron chi connectivity index (χ3n) is 4.44. The molecule has 0 aromatic carbocycles. The maximum atomic E-state index is 12.3. The molecule has 1 heterocycles. The zero-order valence-electron chi connectivity index (χ0n) is 14.1. The molecule has 1 fully saturated rings. The molecule has 21 heavy (non-hydrogen) atoms. The molecule has 1 amide bonds. The Hall–Kier alpha value is -1.32. The van der Waals surface area contributed by atoms with Gasteiger partial charge < -0.3 is 5.32 Å². The lowest BCUT2D eigenvalue weighted by Crippen LogP contribution is -2.32. The molecule has 4 nitrogen and oxygen atoms in total. The number of hydrogen-bond acceptors (Lipinski definition) is 2. The Labute approximate surface area is 128 Å². The van der Waals surface area contributed by atoms with Crippen LogP contribution in [-0.4, -0.2) is 22.2 Å². The summed E-state index contributed by atoms with van der Waals surface area (Å²) in [5.74, 6) is 1.44. The zero-order valence-corrected chi connectivity index (χ0v) is 14.1. The van der Waals surface area contributed by atoms with E-state index in [9.17, 15) is 4.79 Å². The highest BCUT2D eigenvalue weighted by atomic mass is 16.1. The predicted octanol–water partition coefficient (Wildman–Crippen LogP) is 3.50. The quantitative estimate of drug-likeness (QED) is 0.926. The lowest BCUT2D eigenvalue weighted by Gasteiger charge is -2.26. The van der Waals surface area contributed by atoms with Gasteiger partial charge in [-0.3, -0.25) is 9.48 Å². The minimum atomic E-state index is -0.0951. The summed E-state index contributed by atoms with van der Waals surface area (Å²) in [6.07, 6.45) is 5.05. The summed E-state index contributed by atoms with van der Waals surface area (Å²) in [6.45, 7) is 11.4. The van der Waals surface area contributed by atoms with Gasteiger partial charge in [0.2, 0.25) is 0 Å². The lowest BCUT2D eigenvalue weighted by atomic mass is 9.83. The van der Waals surface area contributed by atoms with Gasteiger partial charge in [0.15, 0.2) is 0 Å². The van der Waals surface area contributed by atoms with Crippen LogP contribution in [-0.2, 0) is 5.54 Å². The molecule has 0 bridgehead atoms. The Kier molecular flexibility index (Phi) is 4.74. The van der Waals surface area contributed by atoms with E-state index < -0.39 is 0 Å². The van der Waals surface area contributed by atoms with Gasteiger partial charge in [0.1, 0.15) is 5.69 Å². The van der Waals surface area contributed by atoms with Crippen molar-refractivity contribution in [3.63, 3.8) is 0 Å². The maximum Gasteiger partial charge on any atom is 0.271 e. The summed E-state index contributed by atoms with van der Waals surface area (Å²) >= 11 is 0. The summed E-state index contributed by atoms with van der Waals surface area (Å²) in [6, 6.07) is 1.88. The third-order valence-corrected chi connectivity index (χ3v) is 4.44. The van der Waals surface area contributed by atoms with E-state index in [1.54, 1.807) is 0 Å². The van der Waals surface area contributed by atoms with Gasteiger partial charge in [-0.1, -0.05) is 19.8 Å². The monoisotopic (exact) mass is 291 g/mol. The molecule has 0 saturated heterocycles. The van der Waals surface area contributed by atoms with Crippen molar-refractivity contribution < 1.29 is 4.79 Å². The molecule has 1 aliphatic carbocycles. The fourth-order valence-electron chi connectivity index (χ4n) is 3.13. The predicted molar refractivity (Wildman–Crippen MR) is 85.4 cm³/mol. The van der Waals surface area contributed by atoms with Gasteiger partial charge in [0, 0.05) is 12.2 Å². The molecule has 0 unspecified atom stereocenters. The Morgan fingerprint density at radius 2 is 1.95 bits per heavy atom. The number of carbonyl (C=O) groups is 1. The maximum absolute atomic E-state index is 12.3. The SMILES string of the molecule is Cc1cc(C(=O)NCC2CCC(C)CC2)nn1C(C)(C)C. The van der Waals surface area contributed by atoms with Gasteiger partial charge >= 0.3 is 0 Å². The van der Waals surface area contributed by atoms with Crippen molar-refractivity contribution in [3.8, 4) is 0 Å². The van der Waals surface area contributed by atoms with E-state index >= 15 is 0 Å². The van der Waals surface area contributed by atoms with Crippen LogP contribution < -0.4 is 5.32 Å². The number of carbonyl (C=O) groups excluding carboxylic acids is 1. The van der Waals surface area contributed by atoms with E-state index in [4.69, 9.17) is 0 Å². The third kappa shape index (κ3) is 4.08. The molecule has 0 atom stereocenters. The normalized spacial score (nSPS) is 23.1. The molecule has 1 saturated carbocycles. The van der Waals surface area contributed by atoms with Crippen LogP contribution in [0.1, 0.15) is 69.6 Å². The number of nitrogens with one attached hydrogen (secondary N) is 1. The molecule has 1 aromatic heterocycles. The van der Waals surface area contributed by atoms with Crippen molar-refractivity contribution in [2.75, 3.05) is 6.54 Å². The molecule has 0 spiro atoms. The van der Waals surface area contributed by atoms with Crippen molar-refractivity contribution in [2.45, 2.75) is 65.8 Å². The van der Waals surface area contributed by atoms with Crippen LogP contribution in [0.2, 0.25) is 0 Å². The van der Waals surface area contributed by atoms with Crippen LogP contribution >= 0.6 is 0 Å². The zero-order chi connectivity index (χ0) is 15.6. The van der Waals surface area contributed by atoms with Crippen molar-refractivity contribution in [1.29, 1.82) is 0 Å². The van der Waals surface area contributed by atoms with Crippen molar-refractivity contribution in [2.24, 2.45) is 11.8 Å². The van der Waals surface area contributed by atoms with Crippen LogP contribution in [0, 0.1) is 18.8 Å². The topological polar surface area (TPSA) is 46.9 Å². The molecular formula is C17H29N3O. The van der Waals surface area contributed by atoms with Gasteiger partial charge in [0.25, 0.3) is 5.91 Å². The molecule has 1 aromatic rings. The first-order valence-electron chi connectivity index (χ1n) is 8.12. The Morgan fingerprint density at radius 3 is 2.48 bits per heavy atom. The summed E-state index contributed by atoms with van der Waals surface area (Å²) in [5, 5.41) is 7.52. The second-order valence-electron chi connectivity index (χ2n) is 7.59. The van der Waals surface area contributed by atoms with Gasteiger partial charge in [-0.2, -0.15) is 5.10 Å². The van der Waals surface area contributed by atoms with E-state index in [0.717, 1.165) is 18.2 Å².